The number of esters is 1. The molecule has 0 saturated carbocycles. The zero-order valence-corrected chi connectivity index (χ0v) is 12.6. The lowest BCUT2D eigenvalue weighted by molar-refractivity contribution is 0.0601. The van der Waals surface area contributed by atoms with Crippen molar-refractivity contribution in [2.24, 2.45) is 0 Å². The van der Waals surface area contributed by atoms with Gasteiger partial charge in [-0.15, -0.1) is 10.2 Å². The van der Waals surface area contributed by atoms with E-state index in [1.807, 2.05) is 48.5 Å². The van der Waals surface area contributed by atoms with E-state index >= 15 is 0 Å². The van der Waals surface area contributed by atoms with Crippen LogP contribution in [0.25, 0.3) is 11.3 Å². The van der Waals surface area contributed by atoms with Gasteiger partial charge < -0.3 is 10.1 Å². The Bertz CT molecular complexity index is 802. The predicted octanol–water partition coefficient (Wildman–Crippen LogP) is 3.67. The van der Waals surface area contributed by atoms with Crippen molar-refractivity contribution in [2.75, 3.05) is 12.4 Å². The zero-order valence-electron chi connectivity index (χ0n) is 12.6. The molecule has 0 aliphatic rings. The predicted molar refractivity (Wildman–Crippen MR) is 88.5 cm³/mol. The van der Waals surface area contributed by atoms with Gasteiger partial charge in [-0.2, -0.15) is 0 Å². The second-order valence-electron chi connectivity index (χ2n) is 4.87. The summed E-state index contributed by atoms with van der Waals surface area (Å²) in [5, 5.41) is 11.5. The van der Waals surface area contributed by atoms with Gasteiger partial charge in [0.15, 0.2) is 5.82 Å². The Balaban J connectivity index is 1.77. The molecule has 0 amide bonds. The van der Waals surface area contributed by atoms with Crippen LogP contribution in [0.2, 0.25) is 0 Å². The molecule has 1 heterocycles. The van der Waals surface area contributed by atoms with E-state index in [4.69, 9.17) is 4.74 Å². The highest BCUT2D eigenvalue weighted by Gasteiger charge is 2.06. The molecule has 0 unspecified atom stereocenters. The summed E-state index contributed by atoms with van der Waals surface area (Å²) in [5.41, 5.74) is 3.04. The molecule has 23 heavy (non-hydrogen) atoms. The summed E-state index contributed by atoms with van der Waals surface area (Å²) in [6, 6.07) is 20.6. The fourth-order valence-electron chi connectivity index (χ4n) is 2.15. The molecule has 3 rings (SSSR count). The van der Waals surface area contributed by atoms with Gasteiger partial charge in [0.25, 0.3) is 0 Å². The van der Waals surface area contributed by atoms with Crippen LogP contribution in [-0.4, -0.2) is 23.3 Å². The van der Waals surface area contributed by atoms with Crippen molar-refractivity contribution in [3.05, 3.63) is 72.3 Å². The van der Waals surface area contributed by atoms with E-state index in [2.05, 4.69) is 15.5 Å². The summed E-state index contributed by atoms with van der Waals surface area (Å²) in [6.07, 6.45) is 0. The largest absolute Gasteiger partial charge is 0.465 e. The molecule has 0 bridgehead atoms. The number of hydrogen-bond acceptors (Lipinski definition) is 5. The maximum absolute atomic E-state index is 11.5. The van der Waals surface area contributed by atoms with Crippen LogP contribution in [0.1, 0.15) is 10.4 Å². The van der Waals surface area contributed by atoms with E-state index in [-0.39, 0.29) is 5.97 Å². The summed E-state index contributed by atoms with van der Waals surface area (Å²) >= 11 is 0. The highest BCUT2D eigenvalue weighted by Crippen LogP contribution is 2.19. The van der Waals surface area contributed by atoms with Gasteiger partial charge in [-0.05, 0) is 30.3 Å². The van der Waals surface area contributed by atoms with E-state index < -0.39 is 0 Å². The minimum absolute atomic E-state index is 0.376. The van der Waals surface area contributed by atoms with Crippen LogP contribution in [0.5, 0.6) is 0 Å². The molecule has 5 heteroatoms. The van der Waals surface area contributed by atoms with Crippen molar-refractivity contribution in [3.63, 3.8) is 0 Å². The summed E-state index contributed by atoms with van der Waals surface area (Å²) in [6.45, 7) is 0. The number of nitrogens with zero attached hydrogens (tertiary/aromatic N) is 2. The van der Waals surface area contributed by atoms with E-state index in [1.54, 1.807) is 18.2 Å². The molecular weight excluding hydrogens is 290 g/mol. The molecule has 3 aromatic rings. The lowest BCUT2D eigenvalue weighted by Gasteiger charge is -2.07. The van der Waals surface area contributed by atoms with Crippen molar-refractivity contribution in [2.45, 2.75) is 0 Å². The highest BCUT2D eigenvalue weighted by atomic mass is 16.5. The number of nitrogens with one attached hydrogen (secondary N) is 1. The Kier molecular flexibility index (Phi) is 4.29. The molecule has 0 radical (unpaired) electrons. The van der Waals surface area contributed by atoms with E-state index in [0.717, 1.165) is 16.9 Å². The van der Waals surface area contributed by atoms with Gasteiger partial charge in [0, 0.05) is 11.3 Å². The van der Waals surface area contributed by atoms with Gasteiger partial charge in [0.1, 0.15) is 0 Å². The molecule has 2 aromatic carbocycles. The van der Waals surface area contributed by atoms with Crippen LogP contribution in [0.3, 0.4) is 0 Å². The van der Waals surface area contributed by atoms with Crippen LogP contribution in [-0.2, 0) is 4.74 Å². The number of benzene rings is 2. The Hall–Kier alpha value is -3.21. The van der Waals surface area contributed by atoms with Crippen LogP contribution < -0.4 is 5.32 Å². The molecular formula is C18H15N3O2. The molecule has 1 N–H and O–H groups in total. The summed E-state index contributed by atoms with van der Waals surface area (Å²) in [4.78, 5) is 11.5. The van der Waals surface area contributed by atoms with Crippen molar-refractivity contribution >= 4 is 17.5 Å². The smallest absolute Gasteiger partial charge is 0.337 e. The third kappa shape index (κ3) is 3.52. The minimum Gasteiger partial charge on any atom is -0.465 e. The molecule has 5 nitrogen and oxygen atoms in total. The van der Waals surface area contributed by atoms with Gasteiger partial charge in [-0.25, -0.2) is 4.79 Å². The topological polar surface area (TPSA) is 64.1 Å². The second kappa shape index (κ2) is 6.70. The normalized spacial score (nSPS) is 10.1. The molecule has 0 aliphatic carbocycles. The van der Waals surface area contributed by atoms with Crippen LogP contribution in [0.15, 0.2) is 66.7 Å². The molecule has 1 aromatic heterocycles. The number of ether oxygens (including phenoxy) is 1. The maximum atomic E-state index is 11.5. The lowest BCUT2D eigenvalue weighted by atomic mass is 10.1. The fraction of sp³-hybridized carbons (Fsp3) is 0.0556. The Morgan fingerprint density at radius 1 is 0.957 bits per heavy atom. The van der Waals surface area contributed by atoms with Crippen molar-refractivity contribution in [3.8, 4) is 11.3 Å². The zero-order chi connectivity index (χ0) is 16.1. The number of hydrogen-bond donors (Lipinski definition) is 1. The number of methoxy groups -OCH3 is 1. The van der Waals surface area contributed by atoms with Gasteiger partial charge in [-0.1, -0.05) is 36.4 Å². The van der Waals surface area contributed by atoms with Crippen LogP contribution in [0.4, 0.5) is 11.5 Å². The van der Waals surface area contributed by atoms with Crippen molar-refractivity contribution in [1.82, 2.24) is 10.2 Å². The average molecular weight is 305 g/mol. The van der Waals surface area contributed by atoms with Gasteiger partial charge in [-0.3, -0.25) is 0 Å². The molecule has 114 valence electrons. The summed E-state index contributed by atoms with van der Waals surface area (Å²) in [7, 11) is 1.36. The molecule has 0 spiro atoms. The van der Waals surface area contributed by atoms with Crippen molar-refractivity contribution < 1.29 is 9.53 Å². The molecule has 0 saturated heterocycles. The summed E-state index contributed by atoms with van der Waals surface area (Å²) in [5.74, 6) is 0.228. The highest BCUT2D eigenvalue weighted by molar-refractivity contribution is 5.90. The third-order valence-corrected chi connectivity index (χ3v) is 3.29. The van der Waals surface area contributed by atoms with Gasteiger partial charge in [0.2, 0.25) is 0 Å². The molecule has 0 atom stereocenters. The molecule has 0 fully saturated rings. The van der Waals surface area contributed by atoms with Crippen LogP contribution in [0, 0.1) is 0 Å². The Morgan fingerprint density at radius 2 is 1.78 bits per heavy atom. The van der Waals surface area contributed by atoms with Crippen molar-refractivity contribution in [1.29, 1.82) is 0 Å². The third-order valence-electron chi connectivity index (χ3n) is 3.29. The lowest BCUT2D eigenvalue weighted by Crippen LogP contribution is -2.02. The van der Waals surface area contributed by atoms with Gasteiger partial charge in [0.05, 0.1) is 18.4 Å². The van der Waals surface area contributed by atoms with E-state index in [1.165, 1.54) is 7.11 Å². The fourth-order valence-corrected chi connectivity index (χ4v) is 2.15. The monoisotopic (exact) mass is 305 g/mol. The first-order chi connectivity index (χ1) is 11.3. The SMILES string of the molecule is COC(=O)c1cccc(Nc2ccc(-c3ccccc3)nn2)c1. The Labute approximate surface area is 134 Å². The maximum Gasteiger partial charge on any atom is 0.337 e. The molecule has 0 aliphatic heterocycles. The van der Waals surface area contributed by atoms with Crippen LogP contribution >= 0.6 is 0 Å². The first-order valence-corrected chi connectivity index (χ1v) is 7.11. The first kappa shape index (κ1) is 14.7. The number of carbonyl (C=O) groups is 1. The standard InChI is InChI=1S/C18H15N3O2/c1-23-18(22)14-8-5-9-15(12-14)19-17-11-10-16(20-21-17)13-6-3-2-4-7-13/h2-12H,1H3,(H,19,21). The number of rotatable bonds is 4. The Morgan fingerprint density at radius 3 is 2.48 bits per heavy atom. The number of carbonyl (C=O) groups excluding carboxylic acids is 1. The number of aromatic nitrogens is 2. The minimum atomic E-state index is -0.376. The first-order valence-electron chi connectivity index (χ1n) is 7.11. The second-order valence-corrected chi connectivity index (χ2v) is 4.87. The number of anilines is 2. The van der Waals surface area contributed by atoms with E-state index in [9.17, 15) is 4.79 Å². The van der Waals surface area contributed by atoms with E-state index in [0.29, 0.717) is 11.4 Å². The quantitative estimate of drug-likeness (QED) is 0.745. The summed E-state index contributed by atoms with van der Waals surface area (Å²) < 4.78 is 4.71. The van der Waals surface area contributed by atoms with Gasteiger partial charge >= 0.3 is 5.97 Å². The average Bonchev–Trinajstić information content (AvgIpc) is 2.62.